The first kappa shape index (κ1) is 11.2. The number of carbonyl (C=O) groups excluding carboxylic acids is 1. The zero-order valence-electron chi connectivity index (χ0n) is 9.48. The average molecular weight is 223 g/mol. The normalized spacial score (nSPS) is 20.4. The van der Waals surface area contributed by atoms with E-state index in [9.17, 15) is 4.79 Å². The van der Waals surface area contributed by atoms with Crippen LogP contribution in [0.25, 0.3) is 0 Å². The van der Waals surface area contributed by atoms with Crippen LogP contribution in [0.15, 0.2) is 16.5 Å². The van der Waals surface area contributed by atoms with Crippen molar-refractivity contribution in [2.24, 2.45) is 0 Å². The Morgan fingerprint density at radius 1 is 1.62 bits per heavy atom. The summed E-state index contributed by atoms with van der Waals surface area (Å²) in [5.74, 6) is 1.11. The van der Waals surface area contributed by atoms with Gasteiger partial charge in [0.2, 0.25) is 0 Å². The molecule has 1 fully saturated rings. The number of hydrogen-bond donors (Lipinski definition) is 1. The quantitative estimate of drug-likeness (QED) is 0.843. The van der Waals surface area contributed by atoms with Crippen LogP contribution < -0.4 is 0 Å². The predicted octanol–water partition coefficient (Wildman–Crippen LogP) is 1.44. The number of aliphatic hydroxyl groups excluding tert-OH is 1. The summed E-state index contributed by atoms with van der Waals surface area (Å²) in [6, 6.07) is 3.51. The topological polar surface area (TPSA) is 53.7 Å². The van der Waals surface area contributed by atoms with Crippen LogP contribution in [0.4, 0.5) is 0 Å². The van der Waals surface area contributed by atoms with Gasteiger partial charge in [-0.05, 0) is 25.0 Å². The molecule has 1 aromatic rings. The lowest BCUT2D eigenvalue weighted by atomic mass is 10.2. The summed E-state index contributed by atoms with van der Waals surface area (Å²) in [5.41, 5.74) is 0. The maximum Gasteiger partial charge on any atom is 0.289 e. The van der Waals surface area contributed by atoms with Gasteiger partial charge in [0.25, 0.3) is 5.91 Å². The first-order valence-electron chi connectivity index (χ1n) is 5.76. The Labute approximate surface area is 94.9 Å². The molecule has 4 heteroatoms. The van der Waals surface area contributed by atoms with Gasteiger partial charge in [-0.2, -0.15) is 0 Å². The zero-order chi connectivity index (χ0) is 11.5. The maximum absolute atomic E-state index is 12.1. The van der Waals surface area contributed by atoms with Crippen molar-refractivity contribution in [2.75, 3.05) is 13.2 Å². The first-order chi connectivity index (χ1) is 7.76. The minimum Gasteiger partial charge on any atom is -0.456 e. The average Bonchev–Trinajstić information content (AvgIpc) is 2.96. The number of nitrogens with zero attached hydrogens (tertiary/aromatic N) is 1. The van der Waals surface area contributed by atoms with Gasteiger partial charge in [-0.1, -0.05) is 6.92 Å². The fourth-order valence-electron chi connectivity index (χ4n) is 2.12. The first-order valence-corrected chi connectivity index (χ1v) is 5.76. The summed E-state index contributed by atoms with van der Waals surface area (Å²) in [6.45, 7) is 2.73. The lowest BCUT2D eigenvalue weighted by Crippen LogP contribution is -2.37. The van der Waals surface area contributed by atoms with Gasteiger partial charge in [0.1, 0.15) is 5.76 Å². The monoisotopic (exact) mass is 223 g/mol. The largest absolute Gasteiger partial charge is 0.456 e. The fourth-order valence-corrected chi connectivity index (χ4v) is 2.12. The number of furan rings is 1. The molecule has 4 nitrogen and oxygen atoms in total. The third kappa shape index (κ3) is 1.97. The second-order valence-electron chi connectivity index (χ2n) is 4.10. The summed E-state index contributed by atoms with van der Waals surface area (Å²) in [5, 5.41) is 9.16. The number of likely N-dealkylation sites (tertiary alicyclic amines) is 1. The Morgan fingerprint density at radius 2 is 2.44 bits per heavy atom. The molecule has 0 aromatic carbocycles. The van der Waals surface area contributed by atoms with E-state index in [2.05, 4.69) is 0 Å². The molecule has 0 spiro atoms. The van der Waals surface area contributed by atoms with E-state index in [-0.39, 0.29) is 18.6 Å². The number of carbonyl (C=O) groups is 1. The molecule has 0 bridgehead atoms. The van der Waals surface area contributed by atoms with Crippen molar-refractivity contribution in [3.63, 3.8) is 0 Å². The van der Waals surface area contributed by atoms with Crippen molar-refractivity contribution < 1.29 is 14.3 Å². The number of aliphatic hydroxyl groups is 1. The summed E-state index contributed by atoms with van der Waals surface area (Å²) in [4.78, 5) is 13.8. The van der Waals surface area contributed by atoms with E-state index >= 15 is 0 Å². The van der Waals surface area contributed by atoms with Crippen molar-refractivity contribution in [2.45, 2.75) is 32.2 Å². The Balaban J connectivity index is 2.12. The molecule has 1 aliphatic heterocycles. The smallest absolute Gasteiger partial charge is 0.289 e. The molecule has 1 saturated heterocycles. The lowest BCUT2D eigenvalue weighted by Gasteiger charge is -2.21. The van der Waals surface area contributed by atoms with Crippen LogP contribution in [0.2, 0.25) is 0 Å². The van der Waals surface area contributed by atoms with Crippen molar-refractivity contribution >= 4 is 5.91 Å². The molecule has 1 N–H and O–H groups in total. The summed E-state index contributed by atoms with van der Waals surface area (Å²) < 4.78 is 5.43. The number of hydrogen-bond acceptors (Lipinski definition) is 3. The lowest BCUT2D eigenvalue weighted by molar-refractivity contribution is 0.0644. The standard InChI is InChI=1S/C12H17NO3/c1-2-10-5-6-11(16-10)12(15)13-7-3-4-9(13)8-14/h5-6,9,14H,2-4,7-8H2,1H3/t9-/m1/s1. The zero-order valence-corrected chi connectivity index (χ0v) is 9.48. The minimum atomic E-state index is -0.101. The summed E-state index contributed by atoms with van der Waals surface area (Å²) in [6.07, 6.45) is 2.62. The van der Waals surface area contributed by atoms with Crippen LogP contribution in [0.5, 0.6) is 0 Å². The van der Waals surface area contributed by atoms with E-state index in [1.807, 2.05) is 13.0 Å². The Morgan fingerprint density at radius 3 is 3.06 bits per heavy atom. The van der Waals surface area contributed by atoms with Gasteiger partial charge in [-0.25, -0.2) is 0 Å². The molecule has 0 unspecified atom stereocenters. The second-order valence-corrected chi connectivity index (χ2v) is 4.10. The van der Waals surface area contributed by atoms with Crippen LogP contribution in [-0.4, -0.2) is 35.1 Å². The molecule has 0 aliphatic carbocycles. The van der Waals surface area contributed by atoms with Crippen LogP contribution in [0, 0.1) is 0 Å². The number of rotatable bonds is 3. The SMILES string of the molecule is CCc1ccc(C(=O)N2CCC[C@@H]2CO)o1. The van der Waals surface area contributed by atoms with Crippen molar-refractivity contribution in [1.82, 2.24) is 4.90 Å². The van der Waals surface area contributed by atoms with E-state index in [0.29, 0.717) is 12.3 Å². The predicted molar refractivity (Wildman–Crippen MR) is 59.2 cm³/mol. The highest BCUT2D eigenvalue weighted by Gasteiger charge is 2.30. The van der Waals surface area contributed by atoms with Gasteiger partial charge in [-0.15, -0.1) is 0 Å². The van der Waals surface area contributed by atoms with Crippen LogP contribution in [0.1, 0.15) is 36.1 Å². The van der Waals surface area contributed by atoms with Gasteiger partial charge in [0, 0.05) is 13.0 Å². The van der Waals surface area contributed by atoms with E-state index in [4.69, 9.17) is 9.52 Å². The fraction of sp³-hybridized carbons (Fsp3) is 0.583. The summed E-state index contributed by atoms with van der Waals surface area (Å²) in [7, 11) is 0. The molecular formula is C12H17NO3. The number of aryl methyl sites for hydroxylation is 1. The molecule has 1 aliphatic rings. The molecule has 0 radical (unpaired) electrons. The van der Waals surface area contributed by atoms with Gasteiger partial charge in [-0.3, -0.25) is 4.79 Å². The Hall–Kier alpha value is -1.29. The molecule has 1 atom stereocenters. The van der Waals surface area contributed by atoms with Crippen LogP contribution in [0.3, 0.4) is 0 Å². The third-order valence-corrected chi connectivity index (χ3v) is 3.07. The van der Waals surface area contributed by atoms with E-state index in [1.54, 1.807) is 11.0 Å². The van der Waals surface area contributed by atoms with Crippen LogP contribution >= 0.6 is 0 Å². The van der Waals surface area contributed by atoms with Gasteiger partial charge in [0.15, 0.2) is 5.76 Å². The third-order valence-electron chi connectivity index (χ3n) is 3.07. The van der Waals surface area contributed by atoms with E-state index in [0.717, 1.165) is 25.0 Å². The maximum atomic E-state index is 12.1. The van der Waals surface area contributed by atoms with Crippen molar-refractivity contribution in [1.29, 1.82) is 0 Å². The van der Waals surface area contributed by atoms with E-state index < -0.39 is 0 Å². The van der Waals surface area contributed by atoms with E-state index in [1.165, 1.54) is 0 Å². The number of amides is 1. The molecule has 16 heavy (non-hydrogen) atoms. The van der Waals surface area contributed by atoms with Gasteiger partial charge in [0.05, 0.1) is 12.6 Å². The molecule has 2 rings (SSSR count). The Kier molecular flexibility index (Phi) is 3.29. The molecule has 1 amide bonds. The highest BCUT2D eigenvalue weighted by atomic mass is 16.4. The second kappa shape index (κ2) is 4.70. The molecule has 0 saturated carbocycles. The van der Waals surface area contributed by atoms with Crippen LogP contribution in [-0.2, 0) is 6.42 Å². The Bertz CT molecular complexity index is 372. The van der Waals surface area contributed by atoms with Gasteiger partial charge >= 0.3 is 0 Å². The molecular weight excluding hydrogens is 206 g/mol. The van der Waals surface area contributed by atoms with Crippen molar-refractivity contribution in [3.05, 3.63) is 23.7 Å². The molecule has 1 aromatic heterocycles. The summed E-state index contributed by atoms with van der Waals surface area (Å²) >= 11 is 0. The van der Waals surface area contributed by atoms with Crippen molar-refractivity contribution in [3.8, 4) is 0 Å². The molecule has 88 valence electrons. The highest BCUT2D eigenvalue weighted by molar-refractivity contribution is 5.92. The molecule has 2 heterocycles. The minimum absolute atomic E-state index is 0.0348. The van der Waals surface area contributed by atoms with Gasteiger partial charge < -0.3 is 14.4 Å². The highest BCUT2D eigenvalue weighted by Crippen LogP contribution is 2.20.